The zero-order valence-corrected chi connectivity index (χ0v) is 9.87. The Kier molecular flexibility index (Phi) is 2.38. The van der Waals surface area contributed by atoms with Crippen LogP contribution in [0.25, 0.3) is 0 Å². The van der Waals surface area contributed by atoms with Gasteiger partial charge in [-0.15, -0.1) is 0 Å². The number of anilines is 1. The van der Waals surface area contributed by atoms with E-state index < -0.39 is 5.60 Å². The van der Waals surface area contributed by atoms with Crippen molar-refractivity contribution in [1.29, 1.82) is 0 Å². The number of para-hydroxylation sites is 1. The van der Waals surface area contributed by atoms with Crippen molar-refractivity contribution in [2.75, 3.05) is 9.74 Å². The molecule has 0 radical (unpaired) electrons. The summed E-state index contributed by atoms with van der Waals surface area (Å²) in [4.78, 5) is 11.3. The Balaban J connectivity index is 2.54. The summed E-state index contributed by atoms with van der Waals surface area (Å²) in [6.07, 6.45) is -0.372. The van der Waals surface area contributed by atoms with Gasteiger partial charge in [0.05, 0.1) is 5.69 Å². The number of halogens is 1. The Morgan fingerprint density at radius 1 is 1.50 bits per heavy atom. The molecule has 74 valence electrons. The minimum atomic E-state index is -0.501. The van der Waals surface area contributed by atoms with Crippen LogP contribution < -0.4 is 5.32 Å². The van der Waals surface area contributed by atoms with Gasteiger partial charge < -0.3 is 4.74 Å². The molecule has 1 aliphatic heterocycles. The zero-order chi connectivity index (χ0) is 10.2. The van der Waals surface area contributed by atoms with Gasteiger partial charge in [0, 0.05) is 9.99 Å². The first-order valence-electron chi connectivity index (χ1n) is 4.31. The Hall–Kier alpha value is -0.780. The molecule has 1 aliphatic rings. The predicted octanol–water partition coefficient (Wildman–Crippen LogP) is 2.90. The molecule has 1 aromatic rings. The molecule has 0 aromatic heterocycles. The van der Waals surface area contributed by atoms with Crippen LogP contribution in [0.4, 0.5) is 10.5 Å². The average molecular weight is 303 g/mol. The van der Waals surface area contributed by atoms with Crippen molar-refractivity contribution in [1.82, 2.24) is 0 Å². The highest BCUT2D eigenvalue weighted by Crippen LogP contribution is 2.36. The molecule has 0 spiro atoms. The van der Waals surface area contributed by atoms with Gasteiger partial charge in [-0.05, 0) is 13.0 Å². The van der Waals surface area contributed by atoms with Crippen molar-refractivity contribution >= 4 is 34.4 Å². The quantitative estimate of drug-likeness (QED) is 0.640. The maximum Gasteiger partial charge on any atom is 0.412 e. The van der Waals surface area contributed by atoms with Gasteiger partial charge in [-0.25, -0.2) is 4.79 Å². The number of carbonyl (C=O) groups is 1. The summed E-state index contributed by atoms with van der Waals surface area (Å²) in [5.74, 6) is 0. The fourth-order valence-corrected chi connectivity index (χ4v) is 2.11. The van der Waals surface area contributed by atoms with Crippen LogP contribution in [0, 0.1) is 0 Å². The summed E-state index contributed by atoms with van der Waals surface area (Å²) in [5, 5.41) is 2.68. The van der Waals surface area contributed by atoms with E-state index in [0.29, 0.717) is 0 Å². The van der Waals surface area contributed by atoms with Crippen LogP contribution in [-0.2, 0) is 10.3 Å². The number of alkyl halides is 1. The Morgan fingerprint density at radius 2 is 2.21 bits per heavy atom. The maximum atomic E-state index is 11.3. The summed E-state index contributed by atoms with van der Waals surface area (Å²) in [6, 6.07) is 7.72. The zero-order valence-electron chi connectivity index (χ0n) is 7.71. The maximum absolute atomic E-state index is 11.3. The predicted molar refractivity (Wildman–Crippen MR) is 62.8 cm³/mol. The number of nitrogens with one attached hydrogen (secondary N) is 1. The molecule has 2 rings (SSSR count). The highest BCUT2D eigenvalue weighted by atomic mass is 127. The topological polar surface area (TPSA) is 38.3 Å². The Bertz CT molecular complexity index is 380. The lowest BCUT2D eigenvalue weighted by Gasteiger charge is -2.34. The molecule has 0 aliphatic carbocycles. The minimum absolute atomic E-state index is 0.372. The van der Waals surface area contributed by atoms with Crippen LogP contribution in [0.3, 0.4) is 0 Å². The molecule has 1 atom stereocenters. The van der Waals surface area contributed by atoms with Gasteiger partial charge in [-0.2, -0.15) is 0 Å². The molecule has 3 nitrogen and oxygen atoms in total. The first-order valence-corrected chi connectivity index (χ1v) is 5.84. The number of hydrogen-bond acceptors (Lipinski definition) is 2. The van der Waals surface area contributed by atoms with E-state index in [1.54, 1.807) is 0 Å². The number of rotatable bonds is 1. The highest BCUT2D eigenvalue weighted by molar-refractivity contribution is 14.1. The monoisotopic (exact) mass is 303 g/mol. The van der Waals surface area contributed by atoms with E-state index in [4.69, 9.17) is 4.74 Å². The standard InChI is InChI=1S/C10H10INO2/c1-10(6-11)7-4-2-3-5-8(7)12-9(13)14-10/h2-5H,6H2,1H3,(H,12,13). The minimum Gasteiger partial charge on any atom is -0.437 e. The van der Waals surface area contributed by atoms with Crippen LogP contribution in [0.15, 0.2) is 24.3 Å². The van der Waals surface area contributed by atoms with Crippen molar-refractivity contribution in [3.63, 3.8) is 0 Å². The molecule has 0 bridgehead atoms. The van der Waals surface area contributed by atoms with Crippen LogP contribution in [-0.4, -0.2) is 10.5 Å². The third-order valence-electron chi connectivity index (χ3n) is 2.31. The van der Waals surface area contributed by atoms with Crippen LogP contribution in [0.2, 0.25) is 0 Å². The summed E-state index contributed by atoms with van der Waals surface area (Å²) in [6.45, 7) is 1.93. The first-order chi connectivity index (χ1) is 6.65. The normalized spacial score (nSPS) is 24.9. The van der Waals surface area contributed by atoms with Crippen LogP contribution in [0.1, 0.15) is 12.5 Å². The fourth-order valence-electron chi connectivity index (χ4n) is 1.55. The fraction of sp³-hybridized carbons (Fsp3) is 0.300. The number of benzene rings is 1. The van der Waals surface area contributed by atoms with E-state index in [1.165, 1.54) is 0 Å². The number of amides is 1. The number of carbonyl (C=O) groups excluding carboxylic acids is 1. The smallest absolute Gasteiger partial charge is 0.412 e. The van der Waals surface area contributed by atoms with Crippen molar-refractivity contribution in [3.8, 4) is 0 Å². The van der Waals surface area contributed by atoms with Gasteiger partial charge in [0.1, 0.15) is 5.60 Å². The second-order valence-electron chi connectivity index (χ2n) is 3.42. The molecule has 1 unspecified atom stereocenters. The van der Waals surface area contributed by atoms with Gasteiger partial charge in [-0.1, -0.05) is 40.8 Å². The Labute approximate surface area is 96.0 Å². The van der Waals surface area contributed by atoms with Gasteiger partial charge in [0.15, 0.2) is 0 Å². The van der Waals surface area contributed by atoms with Crippen LogP contribution in [0.5, 0.6) is 0 Å². The number of hydrogen-bond donors (Lipinski definition) is 1. The lowest BCUT2D eigenvalue weighted by atomic mass is 9.95. The number of ether oxygens (including phenoxy) is 1. The van der Waals surface area contributed by atoms with Crippen LogP contribution >= 0.6 is 22.6 Å². The van der Waals surface area contributed by atoms with Crippen molar-refractivity contribution in [2.45, 2.75) is 12.5 Å². The lowest BCUT2D eigenvalue weighted by Crippen LogP contribution is -2.38. The van der Waals surface area contributed by atoms with Crippen molar-refractivity contribution in [2.24, 2.45) is 0 Å². The van der Waals surface area contributed by atoms with Gasteiger partial charge >= 0.3 is 6.09 Å². The van der Waals surface area contributed by atoms with E-state index in [9.17, 15) is 4.79 Å². The molecule has 14 heavy (non-hydrogen) atoms. The molecular formula is C10H10INO2. The van der Waals surface area contributed by atoms with E-state index >= 15 is 0 Å². The second-order valence-corrected chi connectivity index (χ2v) is 4.19. The molecule has 1 aromatic carbocycles. The third-order valence-corrected chi connectivity index (χ3v) is 3.76. The first kappa shape index (κ1) is 9.76. The molecule has 1 heterocycles. The average Bonchev–Trinajstić information content (AvgIpc) is 2.17. The summed E-state index contributed by atoms with van der Waals surface area (Å²) in [5.41, 5.74) is 1.39. The van der Waals surface area contributed by atoms with E-state index in [1.807, 2.05) is 31.2 Å². The van der Waals surface area contributed by atoms with Crippen molar-refractivity contribution < 1.29 is 9.53 Å². The lowest BCUT2D eigenvalue weighted by molar-refractivity contribution is 0.0481. The van der Waals surface area contributed by atoms with Gasteiger partial charge in [-0.3, -0.25) is 5.32 Å². The molecular weight excluding hydrogens is 293 g/mol. The molecule has 0 fully saturated rings. The Morgan fingerprint density at radius 3 is 2.93 bits per heavy atom. The van der Waals surface area contributed by atoms with Gasteiger partial charge in [0.25, 0.3) is 0 Å². The van der Waals surface area contributed by atoms with E-state index in [-0.39, 0.29) is 6.09 Å². The van der Waals surface area contributed by atoms with E-state index in [0.717, 1.165) is 15.7 Å². The number of fused-ring (bicyclic) bond motifs is 1. The largest absolute Gasteiger partial charge is 0.437 e. The highest BCUT2D eigenvalue weighted by Gasteiger charge is 2.36. The SMILES string of the molecule is CC1(CI)OC(=O)Nc2ccccc21. The number of cyclic esters (lactones) is 1. The molecule has 0 saturated carbocycles. The summed E-state index contributed by atoms with van der Waals surface area (Å²) < 4.78 is 6.04. The van der Waals surface area contributed by atoms with Crippen molar-refractivity contribution in [3.05, 3.63) is 29.8 Å². The molecule has 4 heteroatoms. The van der Waals surface area contributed by atoms with Gasteiger partial charge in [0.2, 0.25) is 0 Å². The molecule has 0 saturated heterocycles. The molecule has 1 amide bonds. The third kappa shape index (κ3) is 1.47. The van der Waals surface area contributed by atoms with E-state index in [2.05, 4.69) is 27.9 Å². The summed E-state index contributed by atoms with van der Waals surface area (Å²) >= 11 is 2.23. The second kappa shape index (κ2) is 3.42. The summed E-state index contributed by atoms with van der Waals surface area (Å²) in [7, 11) is 0. The molecule has 1 N–H and O–H groups in total.